The van der Waals surface area contributed by atoms with E-state index in [-0.39, 0.29) is 6.03 Å². The maximum absolute atomic E-state index is 12.4. The molecule has 1 aromatic rings. The standard InChI is InChI=1S/C15H21N3O/c19-15-17(12-13-6-4-5-9-16-13)10-11-18(15)14-7-2-1-3-8-14/h1-3,7-8,13,16H,4-6,9-12H2/t13-/m1/s1. The van der Waals surface area contributed by atoms with Gasteiger partial charge < -0.3 is 10.2 Å². The van der Waals surface area contributed by atoms with E-state index in [0.717, 1.165) is 31.9 Å². The van der Waals surface area contributed by atoms with E-state index in [2.05, 4.69) is 5.32 Å². The first-order chi connectivity index (χ1) is 9.34. The van der Waals surface area contributed by atoms with Crippen LogP contribution in [0.2, 0.25) is 0 Å². The number of anilines is 1. The molecule has 2 heterocycles. The summed E-state index contributed by atoms with van der Waals surface area (Å²) in [5.41, 5.74) is 1.01. The molecule has 2 fully saturated rings. The second kappa shape index (κ2) is 5.61. The average molecular weight is 259 g/mol. The normalized spacial score (nSPS) is 24.0. The highest BCUT2D eigenvalue weighted by molar-refractivity contribution is 5.94. The summed E-state index contributed by atoms with van der Waals surface area (Å²) in [6.07, 6.45) is 3.73. The Hall–Kier alpha value is -1.55. The Morgan fingerprint density at radius 1 is 1.16 bits per heavy atom. The Morgan fingerprint density at radius 3 is 2.74 bits per heavy atom. The predicted molar refractivity (Wildman–Crippen MR) is 76.4 cm³/mol. The molecular weight excluding hydrogens is 238 g/mol. The lowest BCUT2D eigenvalue weighted by molar-refractivity contribution is 0.210. The van der Waals surface area contributed by atoms with Gasteiger partial charge in [0.25, 0.3) is 0 Å². The first-order valence-corrected chi connectivity index (χ1v) is 7.19. The summed E-state index contributed by atoms with van der Waals surface area (Å²) in [6, 6.07) is 10.6. The largest absolute Gasteiger partial charge is 0.324 e. The highest BCUT2D eigenvalue weighted by atomic mass is 16.2. The van der Waals surface area contributed by atoms with Gasteiger partial charge in [-0.2, -0.15) is 0 Å². The van der Waals surface area contributed by atoms with Gasteiger partial charge in [0.15, 0.2) is 0 Å². The van der Waals surface area contributed by atoms with Crippen molar-refractivity contribution in [2.45, 2.75) is 25.3 Å². The summed E-state index contributed by atoms with van der Waals surface area (Å²) < 4.78 is 0. The summed E-state index contributed by atoms with van der Waals surface area (Å²) in [4.78, 5) is 16.3. The average Bonchev–Trinajstić information content (AvgIpc) is 2.82. The molecule has 0 aromatic heterocycles. The Labute approximate surface area is 114 Å². The molecule has 0 unspecified atom stereocenters. The van der Waals surface area contributed by atoms with Crippen LogP contribution < -0.4 is 10.2 Å². The molecule has 0 bridgehead atoms. The smallest absolute Gasteiger partial charge is 0.321 e. The Kier molecular flexibility index (Phi) is 3.69. The summed E-state index contributed by atoms with van der Waals surface area (Å²) in [6.45, 7) is 3.58. The van der Waals surface area contributed by atoms with Crippen LogP contribution in [0.4, 0.5) is 10.5 Å². The fourth-order valence-electron chi connectivity index (χ4n) is 2.95. The number of nitrogens with zero attached hydrogens (tertiary/aromatic N) is 2. The number of piperidine rings is 1. The minimum absolute atomic E-state index is 0.151. The molecule has 0 aliphatic carbocycles. The van der Waals surface area contributed by atoms with Crippen molar-refractivity contribution < 1.29 is 4.79 Å². The first-order valence-electron chi connectivity index (χ1n) is 7.19. The van der Waals surface area contributed by atoms with Gasteiger partial charge in [0.05, 0.1) is 0 Å². The van der Waals surface area contributed by atoms with Gasteiger partial charge in [-0.05, 0) is 31.5 Å². The van der Waals surface area contributed by atoms with Crippen LogP contribution in [0, 0.1) is 0 Å². The molecule has 2 amide bonds. The number of urea groups is 1. The van der Waals surface area contributed by atoms with Gasteiger partial charge in [-0.1, -0.05) is 24.6 Å². The van der Waals surface area contributed by atoms with Gasteiger partial charge in [0, 0.05) is 31.4 Å². The van der Waals surface area contributed by atoms with Crippen LogP contribution in [0.25, 0.3) is 0 Å². The zero-order valence-corrected chi connectivity index (χ0v) is 11.2. The highest BCUT2D eigenvalue weighted by Gasteiger charge is 2.31. The van der Waals surface area contributed by atoms with E-state index in [1.165, 1.54) is 19.3 Å². The van der Waals surface area contributed by atoms with Crippen LogP contribution in [0.1, 0.15) is 19.3 Å². The van der Waals surface area contributed by atoms with Crippen LogP contribution >= 0.6 is 0 Å². The van der Waals surface area contributed by atoms with Crippen LogP contribution in [-0.4, -0.2) is 43.2 Å². The Balaban J connectivity index is 1.62. The van der Waals surface area contributed by atoms with Gasteiger partial charge in [0.1, 0.15) is 0 Å². The van der Waals surface area contributed by atoms with Crippen molar-refractivity contribution in [2.24, 2.45) is 0 Å². The molecule has 4 heteroatoms. The van der Waals surface area contributed by atoms with Crippen LogP contribution in [0.5, 0.6) is 0 Å². The maximum Gasteiger partial charge on any atom is 0.324 e. The van der Waals surface area contributed by atoms with Crippen molar-refractivity contribution in [3.63, 3.8) is 0 Å². The van der Waals surface area contributed by atoms with E-state index < -0.39 is 0 Å². The monoisotopic (exact) mass is 259 g/mol. The molecule has 0 saturated carbocycles. The number of carbonyl (C=O) groups excluding carboxylic acids is 1. The molecule has 0 radical (unpaired) electrons. The summed E-state index contributed by atoms with van der Waals surface area (Å²) in [5, 5.41) is 3.51. The molecule has 102 valence electrons. The number of hydrogen-bond acceptors (Lipinski definition) is 2. The molecule has 3 rings (SSSR count). The lowest BCUT2D eigenvalue weighted by Crippen LogP contribution is -2.45. The number of carbonyl (C=O) groups is 1. The topological polar surface area (TPSA) is 35.6 Å². The third kappa shape index (κ3) is 2.73. The first kappa shape index (κ1) is 12.5. The lowest BCUT2D eigenvalue weighted by atomic mass is 10.0. The van der Waals surface area contributed by atoms with Gasteiger partial charge in [-0.3, -0.25) is 4.90 Å². The van der Waals surface area contributed by atoms with E-state index in [0.29, 0.717) is 6.04 Å². The van der Waals surface area contributed by atoms with Gasteiger partial charge in [0.2, 0.25) is 0 Å². The highest BCUT2D eigenvalue weighted by Crippen LogP contribution is 2.20. The van der Waals surface area contributed by atoms with Gasteiger partial charge >= 0.3 is 6.03 Å². The molecule has 2 saturated heterocycles. The zero-order chi connectivity index (χ0) is 13.1. The molecule has 1 N–H and O–H groups in total. The third-order valence-electron chi connectivity index (χ3n) is 4.02. The van der Waals surface area contributed by atoms with Crippen LogP contribution in [0.3, 0.4) is 0 Å². The predicted octanol–water partition coefficient (Wildman–Crippen LogP) is 2.07. The maximum atomic E-state index is 12.4. The zero-order valence-electron chi connectivity index (χ0n) is 11.2. The van der Waals surface area contributed by atoms with Crippen molar-refractivity contribution >= 4 is 11.7 Å². The molecular formula is C15H21N3O. The molecule has 2 aliphatic rings. The lowest BCUT2D eigenvalue weighted by Gasteiger charge is -2.28. The van der Waals surface area contributed by atoms with Crippen molar-refractivity contribution in [1.82, 2.24) is 10.2 Å². The molecule has 1 atom stereocenters. The second-order valence-electron chi connectivity index (χ2n) is 5.36. The molecule has 2 aliphatic heterocycles. The Morgan fingerprint density at radius 2 is 2.00 bits per heavy atom. The van der Waals surface area contributed by atoms with Crippen molar-refractivity contribution in [1.29, 1.82) is 0 Å². The van der Waals surface area contributed by atoms with Crippen molar-refractivity contribution in [2.75, 3.05) is 31.1 Å². The number of hydrogen-bond donors (Lipinski definition) is 1. The van der Waals surface area contributed by atoms with Crippen LogP contribution in [0.15, 0.2) is 30.3 Å². The second-order valence-corrected chi connectivity index (χ2v) is 5.36. The van der Waals surface area contributed by atoms with Crippen molar-refractivity contribution in [3.05, 3.63) is 30.3 Å². The number of amides is 2. The third-order valence-corrected chi connectivity index (χ3v) is 4.02. The summed E-state index contributed by atoms with van der Waals surface area (Å²) in [7, 11) is 0. The minimum atomic E-state index is 0.151. The van der Waals surface area contributed by atoms with E-state index in [1.807, 2.05) is 40.1 Å². The van der Waals surface area contributed by atoms with E-state index in [4.69, 9.17) is 0 Å². The Bertz CT molecular complexity index is 428. The fraction of sp³-hybridized carbons (Fsp3) is 0.533. The van der Waals surface area contributed by atoms with E-state index in [1.54, 1.807) is 0 Å². The van der Waals surface area contributed by atoms with Gasteiger partial charge in [-0.25, -0.2) is 4.79 Å². The van der Waals surface area contributed by atoms with Crippen LogP contribution in [-0.2, 0) is 0 Å². The summed E-state index contributed by atoms with van der Waals surface area (Å²) in [5.74, 6) is 0. The molecule has 4 nitrogen and oxygen atoms in total. The molecule has 19 heavy (non-hydrogen) atoms. The van der Waals surface area contributed by atoms with Crippen molar-refractivity contribution in [3.8, 4) is 0 Å². The quantitative estimate of drug-likeness (QED) is 0.902. The number of para-hydroxylation sites is 1. The number of nitrogens with one attached hydrogen (secondary N) is 1. The van der Waals surface area contributed by atoms with Gasteiger partial charge in [-0.15, -0.1) is 0 Å². The van der Waals surface area contributed by atoms with E-state index in [9.17, 15) is 4.79 Å². The number of benzene rings is 1. The molecule has 1 aromatic carbocycles. The minimum Gasteiger partial charge on any atom is -0.321 e. The molecule has 0 spiro atoms. The fourth-order valence-corrected chi connectivity index (χ4v) is 2.95. The van der Waals surface area contributed by atoms with E-state index >= 15 is 0 Å². The SMILES string of the molecule is O=C1N(C[C@H]2CCCCN2)CCN1c1ccccc1. The summed E-state index contributed by atoms with van der Waals surface area (Å²) >= 11 is 0. The number of rotatable bonds is 3.